The van der Waals surface area contributed by atoms with Crippen LogP contribution in [0.5, 0.6) is 5.75 Å². The Labute approximate surface area is 125 Å². The number of benzene rings is 1. The molecule has 2 aromatic rings. The summed E-state index contributed by atoms with van der Waals surface area (Å²) in [6, 6.07) is 12.8. The van der Waals surface area contributed by atoms with Gasteiger partial charge in [-0.15, -0.1) is 0 Å². The molecule has 0 fully saturated rings. The van der Waals surface area contributed by atoms with Gasteiger partial charge in [-0.05, 0) is 36.4 Å². The van der Waals surface area contributed by atoms with E-state index < -0.39 is 0 Å². The van der Waals surface area contributed by atoms with Gasteiger partial charge >= 0.3 is 51.4 Å². The fourth-order valence-electron chi connectivity index (χ4n) is 1.17. The molecule has 0 bridgehead atoms. The molecule has 66 valence electrons. The SMILES string of the molecule is Oc1ccc(-c2ccccn2)cc1.[KH]. The molecule has 1 heterocycles. The number of aromatic hydroxyl groups is 1. The molecule has 0 radical (unpaired) electrons. The number of pyridine rings is 1. The molecule has 0 saturated heterocycles. The van der Waals surface area contributed by atoms with Gasteiger partial charge in [0, 0.05) is 11.8 Å². The van der Waals surface area contributed by atoms with E-state index in [1.165, 1.54) is 0 Å². The van der Waals surface area contributed by atoms with Gasteiger partial charge in [0.05, 0.1) is 5.69 Å². The fraction of sp³-hybridized carbons (Fsp3) is 0. The van der Waals surface area contributed by atoms with Gasteiger partial charge in [-0.3, -0.25) is 4.98 Å². The van der Waals surface area contributed by atoms with Crippen LogP contribution in [0, 0.1) is 0 Å². The standard InChI is InChI=1S/C11H9NO.K.H/c13-10-6-4-9(5-7-10)11-3-1-2-8-12-11;;/h1-8,13H;;. The van der Waals surface area contributed by atoms with E-state index in [0.29, 0.717) is 0 Å². The normalized spacial score (nSPS) is 9.14. The molecule has 1 N–H and O–H groups in total. The summed E-state index contributed by atoms with van der Waals surface area (Å²) >= 11 is 0. The molecule has 0 spiro atoms. The molecule has 0 aliphatic carbocycles. The molecule has 0 aliphatic heterocycles. The fourth-order valence-corrected chi connectivity index (χ4v) is 1.17. The molecule has 1 aromatic carbocycles. The van der Waals surface area contributed by atoms with Gasteiger partial charge < -0.3 is 5.11 Å². The molecule has 0 unspecified atom stereocenters. The zero-order valence-electron chi connectivity index (χ0n) is 7.01. The molecular formula is C11H10KNO. The van der Waals surface area contributed by atoms with E-state index in [9.17, 15) is 0 Å². The van der Waals surface area contributed by atoms with Crippen LogP contribution in [0.1, 0.15) is 0 Å². The molecule has 2 rings (SSSR count). The summed E-state index contributed by atoms with van der Waals surface area (Å²) in [5.74, 6) is 0.277. The number of rotatable bonds is 1. The summed E-state index contributed by atoms with van der Waals surface area (Å²) in [6.45, 7) is 0. The first kappa shape index (κ1) is 11.9. The van der Waals surface area contributed by atoms with Gasteiger partial charge in [0.2, 0.25) is 0 Å². The van der Waals surface area contributed by atoms with Crippen molar-refractivity contribution in [3.8, 4) is 17.0 Å². The molecule has 0 atom stereocenters. The van der Waals surface area contributed by atoms with Crippen molar-refractivity contribution in [2.24, 2.45) is 0 Å². The summed E-state index contributed by atoms with van der Waals surface area (Å²) < 4.78 is 0. The van der Waals surface area contributed by atoms with Crippen LogP contribution in [0.15, 0.2) is 48.7 Å². The van der Waals surface area contributed by atoms with Crippen LogP contribution in [-0.4, -0.2) is 61.5 Å². The van der Waals surface area contributed by atoms with Gasteiger partial charge in [0.25, 0.3) is 0 Å². The summed E-state index contributed by atoms with van der Waals surface area (Å²) in [5, 5.41) is 9.08. The molecule has 0 aliphatic rings. The van der Waals surface area contributed by atoms with Crippen molar-refractivity contribution in [2.75, 3.05) is 0 Å². The Morgan fingerprint density at radius 3 is 2.21 bits per heavy atom. The Kier molecular flexibility index (Phi) is 4.78. The molecule has 0 amide bonds. The zero-order valence-corrected chi connectivity index (χ0v) is 7.01. The van der Waals surface area contributed by atoms with Crippen molar-refractivity contribution < 1.29 is 5.11 Å². The Morgan fingerprint density at radius 1 is 0.929 bits per heavy atom. The third kappa shape index (κ3) is 2.90. The summed E-state index contributed by atoms with van der Waals surface area (Å²) in [7, 11) is 0. The van der Waals surface area contributed by atoms with Gasteiger partial charge in [-0.2, -0.15) is 0 Å². The Bertz CT molecular complexity index is 386. The Hall–Kier alpha value is -0.194. The number of aromatic nitrogens is 1. The second kappa shape index (κ2) is 5.63. The monoisotopic (exact) mass is 211 g/mol. The molecule has 3 heteroatoms. The van der Waals surface area contributed by atoms with Crippen LogP contribution in [-0.2, 0) is 0 Å². The first-order chi connectivity index (χ1) is 6.36. The van der Waals surface area contributed by atoms with E-state index in [4.69, 9.17) is 5.11 Å². The van der Waals surface area contributed by atoms with Crippen molar-refractivity contribution in [1.29, 1.82) is 0 Å². The van der Waals surface area contributed by atoms with Crippen LogP contribution in [0.25, 0.3) is 11.3 Å². The summed E-state index contributed by atoms with van der Waals surface area (Å²) in [5.41, 5.74) is 1.93. The van der Waals surface area contributed by atoms with Crippen LogP contribution in [0.2, 0.25) is 0 Å². The minimum absolute atomic E-state index is 0. The quantitative estimate of drug-likeness (QED) is 0.730. The van der Waals surface area contributed by atoms with E-state index >= 15 is 0 Å². The van der Waals surface area contributed by atoms with Crippen molar-refractivity contribution >= 4 is 51.4 Å². The van der Waals surface area contributed by atoms with Crippen LogP contribution in [0.4, 0.5) is 0 Å². The minimum atomic E-state index is 0. The molecule has 2 nitrogen and oxygen atoms in total. The Balaban J connectivity index is 0.000000980. The van der Waals surface area contributed by atoms with E-state index in [2.05, 4.69) is 4.98 Å². The maximum atomic E-state index is 9.08. The second-order valence-corrected chi connectivity index (χ2v) is 2.76. The van der Waals surface area contributed by atoms with E-state index in [1.54, 1.807) is 18.3 Å². The van der Waals surface area contributed by atoms with E-state index in [0.717, 1.165) is 11.3 Å². The molecule has 0 saturated carbocycles. The zero-order chi connectivity index (χ0) is 9.10. The third-order valence-electron chi connectivity index (χ3n) is 1.83. The predicted molar refractivity (Wildman–Crippen MR) is 58.5 cm³/mol. The number of nitrogens with zero attached hydrogens (tertiary/aromatic N) is 1. The number of phenolic OH excluding ortho intramolecular Hbond substituents is 1. The predicted octanol–water partition coefficient (Wildman–Crippen LogP) is 1.81. The third-order valence-corrected chi connectivity index (χ3v) is 1.83. The number of phenols is 1. The summed E-state index contributed by atoms with van der Waals surface area (Å²) in [4.78, 5) is 4.20. The van der Waals surface area contributed by atoms with Crippen molar-refractivity contribution in [1.82, 2.24) is 4.98 Å². The van der Waals surface area contributed by atoms with Crippen molar-refractivity contribution in [3.63, 3.8) is 0 Å². The average molecular weight is 211 g/mol. The van der Waals surface area contributed by atoms with Crippen molar-refractivity contribution in [2.45, 2.75) is 0 Å². The van der Waals surface area contributed by atoms with Crippen molar-refractivity contribution in [3.05, 3.63) is 48.7 Å². The molecule has 1 aromatic heterocycles. The summed E-state index contributed by atoms with van der Waals surface area (Å²) in [6.07, 6.45) is 1.75. The van der Waals surface area contributed by atoms with Crippen LogP contribution >= 0.6 is 0 Å². The number of hydrogen-bond donors (Lipinski definition) is 1. The van der Waals surface area contributed by atoms with E-state index in [-0.39, 0.29) is 57.1 Å². The van der Waals surface area contributed by atoms with Gasteiger partial charge in [-0.25, -0.2) is 0 Å². The molecule has 14 heavy (non-hydrogen) atoms. The molecular weight excluding hydrogens is 201 g/mol. The second-order valence-electron chi connectivity index (χ2n) is 2.76. The van der Waals surface area contributed by atoms with Crippen LogP contribution in [0.3, 0.4) is 0 Å². The topological polar surface area (TPSA) is 33.1 Å². The Morgan fingerprint density at radius 2 is 1.64 bits per heavy atom. The van der Waals surface area contributed by atoms with Gasteiger partial charge in [-0.1, -0.05) is 6.07 Å². The first-order valence-corrected chi connectivity index (χ1v) is 4.07. The number of hydrogen-bond acceptors (Lipinski definition) is 2. The average Bonchev–Trinajstić information content (AvgIpc) is 2.20. The van der Waals surface area contributed by atoms with E-state index in [1.807, 2.05) is 30.3 Å². The maximum absolute atomic E-state index is 9.08. The first-order valence-electron chi connectivity index (χ1n) is 4.07. The van der Waals surface area contributed by atoms with Gasteiger partial charge in [0.15, 0.2) is 0 Å². The van der Waals surface area contributed by atoms with Crippen LogP contribution < -0.4 is 0 Å². The van der Waals surface area contributed by atoms with Gasteiger partial charge in [0.1, 0.15) is 5.75 Å².